The van der Waals surface area contributed by atoms with Crippen LogP contribution in [0.2, 0.25) is 25.5 Å². The maximum atomic E-state index is 6.12. The van der Waals surface area contributed by atoms with Crippen molar-refractivity contribution in [3.63, 3.8) is 0 Å². The second-order valence-electron chi connectivity index (χ2n) is 4.93. The van der Waals surface area contributed by atoms with Crippen LogP contribution in [0.15, 0.2) is 0 Å². The predicted molar refractivity (Wildman–Crippen MR) is 122 cm³/mol. The van der Waals surface area contributed by atoms with Gasteiger partial charge in [-0.05, 0) is 6.92 Å². The molecule has 0 aliphatic carbocycles. The summed E-state index contributed by atoms with van der Waals surface area (Å²) in [6, 6.07) is 0.244. The molecule has 0 bridgehead atoms. The van der Waals surface area contributed by atoms with Gasteiger partial charge in [-0.15, -0.1) is 0 Å². The van der Waals surface area contributed by atoms with Crippen LogP contribution in [0.3, 0.4) is 0 Å². The zero-order chi connectivity index (χ0) is 19.4. The minimum Gasteiger partial charge on any atom is -0.377 e. The first kappa shape index (κ1) is 23.1. The van der Waals surface area contributed by atoms with Crippen LogP contribution in [-0.4, -0.2) is 45.7 Å². The highest BCUT2D eigenvalue weighted by Crippen LogP contribution is 2.31. The van der Waals surface area contributed by atoms with E-state index in [0.29, 0.717) is 36.9 Å². The van der Waals surface area contributed by atoms with Crippen molar-refractivity contribution in [1.29, 1.82) is 0 Å². The monoisotopic (exact) mass is 681 g/mol. The molecule has 3 rings (SSSR count). The number of aromatic nitrogens is 4. The van der Waals surface area contributed by atoms with E-state index in [1.165, 1.54) is 0 Å². The van der Waals surface area contributed by atoms with Gasteiger partial charge in [-0.1, -0.05) is 58.0 Å². The average molecular weight is 683 g/mol. The van der Waals surface area contributed by atoms with Crippen LogP contribution in [0, 0.1) is 7.66 Å². The van der Waals surface area contributed by atoms with Crippen LogP contribution in [0.4, 0.5) is 5.82 Å². The van der Waals surface area contributed by atoms with E-state index in [0.717, 1.165) is 6.54 Å². The summed E-state index contributed by atoms with van der Waals surface area (Å²) in [5, 5.41) is 1.28. The highest BCUT2D eigenvalue weighted by molar-refractivity contribution is 14.1. The summed E-state index contributed by atoms with van der Waals surface area (Å²) in [6.07, 6.45) is 0. The SMILES string of the molecule is C[C@@H]1COCCN1c1nc(I)nc(Cl)c1Cl.Clc1nc(I)nc(Cl)c1Cl. The van der Waals surface area contributed by atoms with Gasteiger partial charge in [0.25, 0.3) is 0 Å². The maximum Gasteiger partial charge on any atom is 0.194 e. The summed E-state index contributed by atoms with van der Waals surface area (Å²) in [5.74, 6) is 0.696. The molecule has 2 aromatic heterocycles. The molecule has 1 aliphatic rings. The van der Waals surface area contributed by atoms with E-state index in [9.17, 15) is 0 Å². The molecule has 0 spiro atoms. The molecular weight excluding hydrogens is 673 g/mol. The van der Waals surface area contributed by atoms with Gasteiger partial charge in [-0.25, -0.2) is 19.9 Å². The van der Waals surface area contributed by atoms with Crippen LogP contribution >= 0.6 is 103 Å². The zero-order valence-corrected chi connectivity index (χ0v) is 21.1. The second kappa shape index (κ2) is 10.6. The lowest BCUT2D eigenvalue weighted by Crippen LogP contribution is -2.44. The topological polar surface area (TPSA) is 64.0 Å². The fourth-order valence-electron chi connectivity index (χ4n) is 1.99. The second-order valence-corrected chi connectivity index (χ2v) is 8.69. The Hall–Kier alpha value is 0.830. The Labute approximate surface area is 202 Å². The molecule has 1 fully saturated rings. The summed E-state index contributed by atoms with van der Waals surface area (Å²) < 4.78 is 6.45. The molecule has 0 saturated carbocycles. The number of halogens is 7. The smallest absolute Gasteiger partial charge is 0.194 e. The van der Waals surface area contributed by atoms with Crippen molar-refractivity contribution in [1.82, 2.24) is 19.9 Å². The van der Waals surface area contributed by atoms with Crippen LogP contribution in [0.1, 0.15) is 6.92 Å². The third kappa shape index (κ3) is 6.16. The number of nitrogens with zero attached hydrogens (tertiary/aromatic N) is 5. The lowest BCUT2D eigenvalue weighted by Gasteiger charge is -2.34. The Morgan fingerprint density at radius 3 is 1.92 bits per heavy atom. The minimum absolute atomic E-state index is 0.186. The number of hydrogen-bond donors (Lipinski definition) is 0. The molecule has 13 heteroatoms. The fraction of sp³-hybridized carbons (Fsp3) is 0.385. The van der Waals surface area contributed by atoms with E-state index in [-0.39, 0.29) is 21.4 Å². The molecule has 6 nitrogen and oxygen atoms in total. The van der Waals surface area contributed by atoms with Gasteiger partial charge in [0.2, 0.25) is 0 Å². The Morgan fingerprint density at radius 2 is 1.38 bits per heavy atom. The van der Waals surface area contributed by atoms with Crippen molar-refractivity contribution in [3.8, 4) is 0 Å². The van der Waals surface area contributed by atoms with Gasteiger partial charge >= 0.3 is 0 Å². The lowest BCUT2D eigenvalue weighted by atomic mass is 10.2. The maximum absolute atomic E-state index is 6.12. The molecule has 26 heavy (non-hydrogen) atoms. The number of ether oxygens (including phenoxy) is 1. The quantitative estimate of drug-likeness (QED) is 0.220. The van der Waals surface area contributed by atoms with Crippen molar-refractivity contribution in [3.05, 3.63) is 33.2 Å². The molecule has 1 saturated heterocycles. The van der Waals surface area contributed by atoms with E-state index in [1.54, 1.807) is 0 Å². The number of anilines is 1. The van der Waals surface area contributed by atoms with E-state index < -0.39 is 0 Å². The van der Waals surface area contributed by atoms with Gasteiger partial charge < -0.3 is 9.64 Å². The molecule has 2 aromatic rings. The molecule has 1 atom stereocenters. The molecular formula is C13H10Cl5I2N5O. The van der Waals surface area contributed by atoms with Crippen molar-refractivity contribution in [2.75, 3.05) is 24.7 Å². The van der Waals surface area contributed by atoms with Gasteiger partial charge in [0.1, 0.15) is 10.0 Å². The molecule has 0 amide bonds. The summed E-state index contributed by atoms with van der Waals surface area (Å²) in [5.41, 5.74) is 0. The summed E-state index contributed by atoms with van der Waals surface area (Å²) in [6.45, 7) is 4.19. The van der Waals surface area contributed by atoms with Crippen molar-refractivity contribution < 1.29 is 4.74 Å². The van der Waals surface area contributed by atoms with E-state index >= 15 is 0 Å². The van der Waals surface area contributed by atoms with Gasteiger partial charge in [-0.3, -0.25) is 0 Å². The normalized spacial score (nSPS) is 16.9. The Morgan fingerprint density at radius 1 is 0.885 bits per heavy atom. The summed E-state index contributed by atoms with van der Waals surface area (Å²) >= 11 is 32.6. The summed E-state index contributed by atoms with van der Waals surface area (Å²) in [4.78, 5) is 18.0. The third-order valence-corrected chi connectivity index (χ3v) is 5.93. The summed E-state index contributed by atoms with van der Waals surface area (Å²) in [7, 11) is 0. The first-order valence-electron chi connectivity index (χ1n) is 6.97. The van der Waals surface area contributed by atoms with Crippen LogP contribution in [-0.2, 0) is 4.74 Å². The van der Waals surface area contributed by atoms with Crippen LogP contribution in [0.5, 0.6) is 0 Å². The minimum atomic E-state index is 0.186. The molecule has 0 N–H and O–H groups in total. The average Bonchev–Trinajstić information content (AvgIpc) is 2.57. The zero-order valence-electron chi connectivity index (χ0n) is 13.0. The molecule has 0 radical (unpaired) electrons. The van der Waals surface area contributed by atoms with Gasteiger partial charge in [0.15, 0.2) is 28.9 Å². The lowest BCUT2D eigenvalue weighted by molar-refractivity contribution is 0.0985. The fourth-order valence-corrected chi connectivity index (χ4v) is 4.20. The first-order valence-corrected chi connectivity index (χ1v) is 11.0. The highest BCUT2D eigenvalue weighted by Gasteiger charge is 2.24. The highest BCUT2D eigenvalue weighted by atomic mass is 127. The molecule has 142 valence electrons. The van der Waals surface area contributed by atoms with E-state index in [2.05, 4.69) is 31.8 Å². The standard InChI is InChI=1S/C9H10Cl2IN3O.C4Cl3IN2/c1-5-4-16-3-2-15(5)8-6(10)7(11)13-9(12)14-8;5-1-2(6)9-4(8)10-3(1)7/h5H,2-4H2,1H3;/t5-;/m1./s1. The van der Waals surface area contributed by atoms with E-state index in [1.807, 2.05) is 45.2 Å². The van der Waals surface area contributed by atoms with Gasteiger partial charge in [0.05, 0.1) is 19.3 Å². The largest absolute Gasteiger partial charge is 0.377 e. The molecule has 0 unspecified atom stereocenters. The van der Waals surface area contributed by atoms with Gasteiger partial charge in [-0.2, -0.15) is 0 Å². The number of morpholine rings is 1. The first-order chi connectivity index (χ1) is 12.2. The number of hydrogen-bond acceptors (Lipinski definition) is 6. The molecule has 1 aliphatic heterocycles. The molecule has 3 heterocycles. The predicted octanol–water partition coefficient (Wildman–Crippen LogP) is 5.65. The van der Waals surface area contributed by atoms with Crippen molar-refractivity contribution in [2.24, 2.45) is 0 Å². The van der Waals surface area contributed by atoms with E-state index in [4.69, 9.17) is 62.7 Å². The van der Waals surface area contributed by atoms with Crippen molar-refractivity contribution >= 4 is 109 Å². The Kier molecular flexibility index (Phi) is 9.39. The van der Waals surface area contributed by atoms with Gasteiger partial charge in [0, 0.05) is 51.7 Å². The van der Waals surface area contributed by atoms with Crippen LogP contribution < -0.4 is 4.90 Å². The number of rotatable bonds is 1. The molecule has 0 aromatic carbocycles. The Bertz CT molecular complexity index is 777. The van der Waals surface area contributed by atoms with Crippen LogP contribution in [0.25, 0.3) is 0 Å². The third-order valence-electron chi connectivity index (χ3n) is 3.15. The Balaban J connectivity index is 0.000000209. The van der Waals surface area contributed by atoms with Crippen molar-refractivity contribution in [2.45, 2.75) is 13.0 Å².